The number of quaternary nitrogens is 1. The Morgan fingerprint density at radius 3 is 1.33 bits per heavy atom. The molecule has 0 heterocycles. The second-order valence-corrected chi connectivity index (χ2v) is 20.5. The zero-order valence-electron chi connectivity index (χ0n) is 40.3. The molecule has 4 atom stereocenters. The maximum absolute atomic E-state index is 13.0. The quantitative estimate of drug-likeness (QED) is 0.0208. The van der Waals surface area contributed by atoms with Gasteiger partial charge in [-0.2, -0.15) is 0 Å². The van der Waals surface area contributed by atoms with Crippen molar-refractivity contribution in [2.45, 2.75) is 263 Å². The number of carbonyl (C=O) groups is 1. The zero-order valence-corrected chi connectivity index (χ0v) is 41.2. The monoisotopic (exact) mass is 874 g/mol. The molecule has 1 amide bonds. The fraction of sp³-hybridized carbons (Fsp3) is 0.940. The molecule has 60 heavy (non-hydrogen) atoms. The number of nitrogens with one attached hydrogen (secondary N) is 1. The highest BCUT2D eigenvalue weighted by atomic mass is 31.2. The van der Waals surface area contributed by atoms with Gasteiger partial charge in [0.2, 0.25) is 5.91 Å². The number of aliphatic hydroxyl groups excluding tert-OH is 2. The molecule has 4 N–H and O–H groups in total. The minimum Gasteiger partial charge on any atom is -0.390 e. The first-order valence-electron chi connectivity index (χ1n) is 25.6. The van der Waals surface area contributed by atoms with E-state index >= 15 is 0 Å². The zero-order chi connectivity index (χ0) is 44.4. The smallest absolute Gasteiger partial charge is 0.390 e. The summed E-state index contributed by atoms with van der Waals surface area (Å²) in [4.78, 5) is 23.2. The minimum absolute atomic E-state index is 0.0194. The van der Waals surface area contributed by atoms with Crippen molar-refractivity contribution in [3.8, 4) is 0 Å². The summed E-state index contributed by atoms with van der Waals surface area (Å²) in [6.07, 6.45) is 45.8. The molecule has 0 aliphatic rings. The van der Waals surface area contributed by atoms with Gasteiger partial charge in [-0.05, 0) is 38.5 Å². The van der Waals surface area contributed by atoms with Gasteiger partial charge in [-0.25, -0.2) is 4.57 Å². The van der Waals surface area contributed by atoms with Crippen LogP contribution in [0.15, 0.2) is 12.2 Å². The number of amides is 1. The molecule has 9 nitrogen and oxygen atoms in total. The van der Waals surface area contributed by atoms with Gasteiger partial charge in [-0.15, -0.1) is 0 Å². The third-order valence-electron chi connectivity index (χ3n) is 11.9. The molecule has 4 unspecified atom stereocenters. The molecule has 0 radical (unpaired) electrons. The number of rotatable bonds is 47. The van der Waals surface area contributed by atoms with Crippen molar-refractivity contribution in [3.05, 3.63) is 12.2 Å². The fourth-order valence-corrected chi connectivity index (χ4v) is 8.47. The van der Waals surface area contributed by atoms with Crippen molar-refractivity contribution in [1.82, 2.24) is 5.32 Å². The SMILES string of the molecule is CCCCCCCCC/C=C/CCCC(O)C(O)C(COP(=O)(O)OCC[N+](C)(C)C)NC(=O)CCCCCCCCCCCCCCCCCCCCCCCCCC. The number of hydrogen-bond acceptors (Lipinski definition) is 6. The van der Waals surface area contributed by atoms with Gasteiger partial charge in [0, 0.05) is 6.42 Å². The molecule has 0 aromatic heterocycles. The molecule has 0 aromatic carbocycles. The van der Waals surface area contributed by atoms with E-state index in [9.17, 15) is 24.5 Å². The first-order chi connectivity index (χ1) is 28.9. The summed E-state index contributed by atoms with van der Waals surface area (Å²) < 4.78 is 23.5. The van der Waals surface area contributed by atoms with Crippen LogP contribution in [0.1, 0.15) is 245 Å². The number of carbonyl (C=O) groups excluding carboxylic acids is 1. The maximum atomic E-state index is 13.0. The predicted octanol–water partition coefficient (Wildman–Crippen LogP) is 13.7. The highest BCUT2D eigenvalue weighted by molar-refractivity contribution is 7.47. The highest BCUT2D eigenvalue weighted by Crippen LogP contribution is 2.43. The number of phosphoric acid groups is 1. The van der Waals surface area contributed by atoms with Gasteiger partial charge < -0.3 is 24.9 Å². The van der Waals surface area contributed by atoms with E-state index in [1.807, 2.05) is 21.1 Å². The van der Waals surface area contributed by atoms with Crippen LogP contribution in [0.25, 0.3) is 0 Å². The van der Waals surface area contributed by atoms with E-state index in [1.54, 1.807) is 0 Å². The molecule has 0 aromatic rings. The van der Waals surface area contributed by atoms with E-state index in [0.717, 1.165) is 32.1 Å². The van der Waals surface area contributed by atoms with Gasteiger partial charge in [0.25, 0.3) is 0 Å². The van der Waals surface area contributed by atoms with E-state index in [4.69, 9.17) is 9.05 Å². The van der Waals surface area contributed by atoms with Crippen molar-refractivity contribution < 1.29 is 38.0 Å². The average molecular weight is 874 g/mol. The van der Waals surface area contributed by atoms with E-state index in [2.05, 4.69) is 31.3 Å². The number of hydrogen-bond donors (Lipinski definition) is 4. The fourth-order valence-electron chi connectivity index (χ4n) is 7.73. The number of likely N-dealkylation sites (N-methyl/N-ethyl adjacent to an activating group) is 1. The molecule has 0 aliphatic heterocycles. The molecule has 0 saturated heterocycles. The third-order valence-corrected chi connectivity index (χ3v) is 12.8. The lowest BCUT2D eigenvalue weighted by molar-refractivity contribution is -0.870. The van der Waals surface area contributed by atoms with Gasteiger partial charge in [0.05, 0.1) is 39.9 Å². The van der Waals surface area contributed by atoms with Crippen LogP contribution in [0.2, 0.25) is 0 Å². The lowest BCUT2D eigenvalue weighted by Crippen LogP contribution is -2.51. The maximum Gasteiger partial charge on any atom is 0.472 e. The lowest BCUT2D eigenvalue weighted by atomic mass is 10.0. The number of allylic oxidation sites excluding steroid dienone is 2. The van der Waals surface area contributed by atoms with E-state index in [1.165, 1.54) is 180 Å². The molecule has 0 saturated carbocycles. The van der Waals surface area contributed by atoms with Crippen LogP contribution in [-0.4, -0.2) is 84.6 Å². The van der Waals surface area contributed by atoms with Crippen LogP contribution in [0.5, 0.6) is 0 Å². The number of phosphoric ester groups is 1. The highest BCUT2D eigenvalue weighted by Gasteiger charge is 2.31. The van der Waals surface area contributed by atoms with E-state index in [0.29, 0.717) is 30.3 Å². The molecule has 0 fully saturated rings. The second kappa shape index (κ2) is 42.2. The van der Waals surface area contributed by atoms with E-state index < -0.39 is 32.7 Å². The third kappa shape index (κ3) is 42.5. The Morgan fingerprint density at radius 1 is 0.567 bits per heavy atom. The van der Waals surface area contributed by atoms with Crippen molar-refractivity contribution in [2.75, 3.05) is 40.9 Å². The number of aliphatic hydroxyl groups is 2. The topological polar surface area (TPSA) is 125 Å². The molecule has 0 bridgehead atoms. The van der Waals surface area contributed by atoms with Crippen LogP contribution >= 0.6 is 7.82 Å². The first kappa shape index (κ1) is 59.2. The summed E-state index contributed by atoms with van der Waals surface area (Å²) in [6.45, 7) is 4.60. The molecule has 0 rings (SSSR count). The Morgan fingerprint density at radius 2 is 0.933 bits per heavy atom. The summed E-state index contributed by atoms with van der Waals surface area (Å²) in [6, 6.07) is -1.04. The Hall–Kier alpha value is -0.800. The van der Waals surface area contributed by atoms with Crippen molar-refractivity contribution in [2.24, 2.45) is 0 Å². The van der Waals surface area contributed by atoms with Crippen LogP contribution < -0.4 is 5.32 Å². The summed E-state index contributed by atoms with van der Waals surface area (Å²) in [5.74, 6) is -0.263. The average Bonchev–Trinajstić information content (AvgIpc) is 3.20. The van der Waals surface area contributed by atoms with Gasteiger partial charge in [-0.1, -0.05) is 212 Å². The van der Waals surface area contributed by atoms with Crippen molar-refractivity contribution in [1.29, 1.82) is 0 Å². The van der Waals surface area contributed by atoms with Gasteiger partial charge in [-0.3, -0.25) is 13.8 Å². The molecule has 0 aliphatic carbocycles. The van der Waals surface area contributed by atoms with Crippen molar-refractivity contribution >= 4 is 13.7 Å². The molecular formula is C50H102N2O7P+. The molecular weight excluding hydrogens is 772 g/mol. The molecule has 358 valence electrons. The standard InChI is InChI=1S/C50H101N2O7P/c1-6-8-10-12-14-16-18-20-21-22-23-24-25-26-27-28-29-30-31-33-35-37-39-41-43-49(54)51-47(46-59-60(56,57)58-45-44-52(3,4)5)50(55)48(53)42-40-38-36-34-32-19-17-15-13-11-9-7-2/h34,36,47-48,50,53,55H,6-33,35,37-46H2,1-5H3,(H-,51,54,56,57)/p+1/b36-34+. The summed E-state index contributed by atoms with van der Waals surface area (Å²) in [7, 11) is 1.43. The van der Waals surface area contributed by atoms with Crippen molar-refractivity contribution in [3.63, 3.8) is 0 Å². The van der Waals surface area contributed by atoms with Gasteiger partial charge in [0.15, 0.2) is 0 Å². The lowest BCUT2D eigenvalue weighted by Gasteiger charge is -2.28. The minimum atomic E-state index is -4.42. The van der Waals surface area contributed by atoms with Gasteiger partial charge >= 0.3 is 7.82 Å². The largest absolute Gasteiger partial charge is 0.472 e. The summed E-state index contributed by atoms with van der Waals surface area (Å²) in [5.41, 5.74) is 0. The Bertz CT molecular complexity index is 1010. The van der Waals surface area contributed by atoms with Crippen LogP contribution in [0, 0.1) is 0 Å². The predicted molar refractivity (Wildman–Crippen MR) is 255 cm³/mol. The number of nitrogens with zero attached hydrogens (tertiary/aromatic N) is 1. The van der Waals surface area contributed by atoms with Crippen LogP contribution in [-0.2, 0) is 18.4 Å². The molecule has 0 spiro atoms. The number of unbranched alkanes of at least 4 members (excludes halogenated alkanes) is 31. The normalized spacial score (nSPS) is 14.7. The summed E-state index contributed by atoms with van der Waals surface area (Å²) in [5, 5.41) is 24.7. The summed E-state index contributed by atoms with van der Waals surface area (Å²) >= 11 is 0. The van der Waals surface area contributed by atoms with Crippen LogP contribution in [0.3, 0.4) is 0 Å². The first-order valence-corrected chi connectivity index (χ1v) is 27.1. The van der Waals surface area contributed by atoms with Crippen LogP contribution in [0.4, 0.5) is 0 Å². The molecule has 10 heteroatoms. The van der Waals surface area contributed by atoms with Gasteiger partial charge in [0.1, 0.15) is 19.3 Å². The Kier molecular flexibility index (Phi) is 41.6. The Balaban J connectivity index is 4.26. The van der Waals surface area contributed by atoms with E-state index in [-0.39, 0.29) is 12.5 Å². The second-order valence-electron chi connectivity index (χ2n) is 19.0. The Labute approximate surface area is 372 Å².